The summed E-state index contributed by atoms with van der Waals surface area (Å²) in [6.07, 6.45) is -1.90. The first kappa shape index (κ1) is 26.8. The summed E-state index contributed by atoms with van der Waals surface area (Å²) in [6, 6.07) is 16.4. The van der Waals surface area contributed by atoms with E-state index in [0.717, 1.165) is 21.3 Å². The minimum Gasteiger partial charge on any atom is -0.508 e. The highest BCUT2D eigenvalue weighted by Gasteiger charge is 2.38. The molecule has 3 rings (SSSR count). The fraction of sp³-hybridized carbons (Fsp3) is 0.174. The second kappa shape index (κ2) is 12.1. The number of pyridine rings is 1. The van der Waals surface area contributed by atoms with Crippen LogP contribution in [0.2, 0.25) is 0 Å². The van der Waals surface area contributed by atoms with E-state index in [1.807, 2.05) is 43.3 Å². The van der Waals surface area contributed by atoms with E-state index in [2.05, 4.69) is 31.5 Å². The van der Waals surface area contributed by atoms with Gasteiger partial charge in [0.25, 0.3) is 5.91 Å². The molecule has 1 heterocycles. The number of phenols is 1. The van der Waals surface area contributed by atoms with Crippen LogP contribution in [-0.2, 0) is 11.3 Å². The van der Waals surface area contributed by atoms with Gasteiger partial charge in [0, 0.05) is 46.3 Å². The summed E-state index contributed by atoms with van der Waals surface area (Å²) in [5.74, 6) is -2.65. The lowest BCUT2D eigenvalue weighted by molar-refractivity contribution is -0.192. The summed E-state index contributed by atoms with van der Waals surface area (Å²) in [6.45, 7) is 2.65. The molecule has 2 aromatic carbocycles. The normalized spacial score (nSPS) is 11.7. The maximum Gasteiger partial charge on any atom is 0.490 e. The zero-order valence-corrected chi connectivity index (χ0v) is 19.4. The Hall–Kier alpha value is -3.44. The van der Waals surface area contributed by atoms with Crippen LogP contribution >= 0.6 is 15.9 Å². The van der Waals surface area contributed by atoms with Gasteiger partial charge in [-0.2, -0.15) is 13.2 Å². The first-order chi connectivity index (χ1) is 16.0. The summed E-state index contributed by atoms with van der Waals surface area (Å²) >= 11 is 3.43. The summed E-state index contributed by atoms with van der Waals surface area (Å²) in [5, 5.41) is 23.4. The molecule has 34 heavy (non-hydrogen) atoms. The predicted molar refractivity (Wildman–Crippen MR) is 123 cm³/mol. The molecular formula is C23H21BrF3N3O4. The third-order valence-corrected chi connectivity index (χ3v) is 4.96. The number of nitrogens with one attached hydrogen (secondary N) is 2. The van der Waals surface area contributed by atoms with Crippen molar-refractivity contribution in [3.63, 3.8) is 0 Å². The predicted octanol–water partition coefficient (Wildman–Crippen LogP) is 5.29. The van der Waals surface area contributed by atoms with Gasteiger partial charge in [-0.3, -0.25) is 9.78 Å². The number of alkyl halides is 3. The van der Waals surface area contributed by atoms with Crippen molar-refractivity contribution in [2.45, 2.75) is 25.7 Å². The van der Waals surface area contributed by atoms with Crippen LogP contribution in [-0.4, -0.2) is 33.2 Å². The van der Waals surface area contributed by atoms with Gasteiger partial charge in [-0.1, -0.05) is 28.1 Å². The number of hydrogen-bond acceptors (Lipinski definition) is 5. The minimum absolute atomic E-state index is 0.00595. The van der Waals surface area contributed by atoms with Gasteiger partial charge in [0.05, 0.1) is 0 Å². The number of halogens is 4. The molecule has 4 N–H and O–H groups in total. The quantitative estimate of drug-likeness (QED) is 0.339. The number of amides is 1. The average molecular weight is 540 g/mol. The molecule has 1 atom stereocenters. The van der Waals surface area contributed by atoms with Crippen LogP contribution in [0, 0.1) is 0 Å². The van der Waals surface area contributed by atoms with Gasteiger partial charge >= 0.3 is 12.1 Å². The number of carbonyl (C=O) groups is 2. The minimum atomic E-state index is -5.08. The van der Waals surface area contributed by atoms with Crippen molar-refractivity contribution in [3.8, 4) is 5.75 Å². The van der Waals surface area contributed by atoms with E-state index in [0.29, 0.717) is 12.1 Å². The molecule has 0 aliphatic heterocycles. The highest BCUT2D eigenvalue weighted by atomic mass is 79.9. The Kier molecular flexibility index (Phi) is 9.58. The van der Waals surface area contributed by atoms with Crippen molar-refractivity contribution >= 4 is 33.5 Å². The Labute approximate surface area is 201 Å². The molecule has 0 aliphatic carbocycles. The highest BCUT2D eigenvalue weighted by Crippen LogP contribution is 2.27. The monoisotopic (exact) mass is 539 g/mol. The lowest BCUT2D eigenvalue weighted by atomic mass is 10.1. The van der Waals surface area contributed by atoms with E-state index < -0.39 is 12.1 Å². The molecule has 180 valence electrons. The summed E-state index contributed by atoms with van der Waals surface area (Å²) in [7, 11) is 0. The number of carbonyl (C=O) groups excluding carboxylic acids is 1. The van der Waals surface area contributed by atoms with Crippen molar-refractivity contribution in [1.29, 1.82) is 0 Å². The zero-order chi connectivity index (χ0) is 25.3. The number of carboxylic acids is 1. The fourth-order valence-electron chi connectivity index (χ4n) is 2.67. The lowest BCUT2D eigenvalue weighted by Gasteiger charge is -2.16. The van der Waals surface area contributed by atoms with Crippen LogP contribution in [0.15, 0.2) is 71.5 Å². The molecule has 0 spiro atoms. The fourth-order valence-corrected chi connectivity index (χ4v) is 3.04. The molecule has 3 aromatic rings. The average Bonchev–Trinajstić information content (AvgIpc) is 2.80. The molecule has 7 nitrogen and oxygen atoms in total. The van der Waals surface area contributed by atoms with Crippen LogP contribution in [0.4, 0.5) is 18.9 Å². The summed E-state index contributed by atoms with van der Waals surface area (Å²) in [4.78, 5) is 25.0. The van der Waals surface area contributed by atoms with E-state index in [1.165, 1.54) is 0 Å². The van der Waals surface area contributed by atoms with Crippen molar-refractivity contribution < 1.29 is 33.0 Å². The Bertz CT molecular complexity index is 1110. The SMILES string of the molecule is CC(NCc1ccc(NC(=O)c2ccncc2)cc1)c1cc(Br)ccc1O.O=C(O)C(F)(F)F. The maximum atomic E-state index is 12.2. The van der Waals surface area contributed by atoms with Gasteiger partial charge in [-0.05, 0) is 55.0 Å². The van der Waals surface area contributed by atoms with Crippen LogP contribution in [0.1, 0.15) is 34.5 Å². The van der Waals surface area contributed by atoms with Gasteiger partial charge in [-0.15, -0.1) is 0 Å². The van der Waals surface area contributed by atoms with Crippen molar-refractivity contribution in [2.24, 2.45) is 0 Å². The number of aromatic hydroxyl groups is 1. The Morgan fingerprint density at radius 2 is 1.65 bits per heavy atom. The first-order valence-electron chi connectivity index (χ1n) is 9.79. The number of anilines is 1. The molecule has 1 aromatic heterocycles. The Morgan fingerprint density at radius 1 is 1.06 bits per heavy atom. The number of hydrogen-bond donors (Lipinski definition) is 4. The van der Waals surface area contributed by atoms with Crippen LogP contribution < -0.4 is 10.6 Å². The Balaban J connectivity index is 0.000000509. The number of aromatic nitrogens is 1. The highest BCUT2D eigenvalue weighted by molar-refractivity contribution is 9.10. The zero-order valence-electron chi connectivity index (χ0n) is 17.8. The molecular weight excluding hydrogens is 519 g/mol. The second-order valence-corrected chi connectivity index (χ2v) is 7.91. The van der Waals surface area contributed by atoms with Gasteiger partial charge < -0.3 is 20.8 Å². The third kappa shape index (κ3) is 8.49. The molecule has 1 amide bonds. The topological polar surface area (TPSA) is 112 Å². The van der Waals surface area contributed by atoms with Crippen LogP contribution in [0.25, 0.3) is 0 Å². The summed E-state index contributed by atoms with van der Waals surface area (Å²) in [5.41, 5.74) is 3.22. The number of aliphatic carboxylic acids is 1. The van der Waals surface area contributed by atoms with Crippen LogP contribution in [0.5, 0.6) is 5.75 Å². The smallest absolute Gasteiger partial charge is 0.490 e. The molecule has 0 aliphatic rings. The van der Waals surface area contributed by atoms with Crippen molar-refractivity contribution in [1.82, 2.24) is 10.3 Å². The number of nitrogens with zero attached hydrogens (tertiary/aromatic N) is 1. The van der Waals surface area contributed by atoms with E-state index in [1.54, 1.807) is 30.6 Å². The maximum absolute atomic E-state index is 12.2. The molecule has 0 bridgehead atoms. The first-order valence-corrected chi connectivity index (χ1v) is 10.6. The Morgan fingerprint density at radius 3 is 2.21 bits per heavy atom. The van der Waals surface area contributed by atoms with Gasteiger partial charge in [0.1, 0.15) is 5.75 Å². The molecule has 1 unspecified atom stereocenters. The van der Waals surface area contributed by atoms with Gasteiger partial charge in [0.15, 0.2) is 0 Å². The standard InChI is InChI=1S/C21H20BrN3O2.C2HF3O2/c1-14(19-12-17(22)4-7-20(19)26)24-13-15-2-5-18(6-3-15)25-21(27)16-8-10-23-11-9-16;3-2(4,5)1(6)7/h2-12,14,24,26H,13H2,1H3,(H,25,27);(H,6,7). The van der Waals surface area contributed by atoms with E-state index in [4.69, 9.17) is 9.90 Å². The third-order valence-electron chi connectivity index (χ3n) is 4.47. The van der Waals surface area contributed by atoms with E-state index >= 15 is 0 Å². The van der Waals surface area contributed by atoms with E-state index in [-0.39, 0.29) is 17.7 Å². The number of rotatable bonds is 6. The van der Waals surface area contributed by atoms with Crippen molar-refractivity contribution in [2.75, 3.05) is 5.32 Å². The largest absolute Gasteiger partial charge is 0.508 e. The number of carboxylic acid groups (broad SMARTS) is 1. The number of benzene rings is 2. The molecule has 0 radical (unpaired) electrons. The molecule has 0 saturated carbocycles. The summed E-state index contributed by atoms with van der Waals surface area (Å²) < 4.78 is 32.7. The number of phenolic OH excluding ortho intramolecular Hbond substituents is 1. The lowest BCUT2D eigenvalue weighted by Crippen LogP contribution is -2.21. The second-order valence-electron chi connectivity index (χ2n) is 7.00. The molecule has 0 saturated heterocycles. The van der Waals surface area contributed by atoms with Gasteiger partial charge in [-0.25, -0.2) is 4.79 Å². The van der Waals surface area contributed by atoms with Crippen molar-refractivity contribution in [3.05, 3.63) is 88.2 Å². The van der Waals surface area contributed by atoms with Gasteiger partial charge in [0.2, 0.25) is 0 Å². The van der Waals surface area contributed by atoms with E-state index in [9.17, 15) is 23.1 Å². The molecule has 0 fully saturated rings. The molecule has 11 heteroatoms. The van der Waals surface area contributed by atoms with Crippen LogP contribution in [0.3, 0.4) is 0 Å².